The first-order valence-corrected chi connectivity index (χ1v) is 9.95. The van der Waals surface area contributed by atoms with Gasteiger partial charge in [0.15, 0.2) is 0 Å². The zero-order valence-electron chi connectivity index (χ0n) is 15.6. The number of ether oxygens (including phenoxy) is 1. The first-order valence-electron chi connectivity index (χ1n) is 9.15. The standard InChI is InChI=1S/C17H25BrN2O.C2H2O4/c1-21-17-7-6-14(12-16(17)18)13-19-8-10-20(11-9-19)15-4-2-3-5-15;3-1(4)2(5)6/h6-7,12,15H,2-5,8-11,13H2,1H3;(H,3,4)(H,5,6). The molecule has 0 bridgehead atoms. The van der Waals surface area contributed by atoms with Crippen molar-refractivity contribution >= 4 is 27.9 Å². The van der Waals surface area contributed by atoms with Gasteiger partial charge < -0.3 is 14.9 Å². The Labute approximate surface area is 168 Å². The van der Waals surface area contributed by atoms with Crippen molar-refractivity contribution in [1.82, 2.24) is 9.80 Å². The molecule has 2 aliphatic rings. The van der Waals surface area contributed by atoms with E-state index in [1.165, 1.54) is 57.4 Å². The smallest absolute Gasteiger partial charge is 0.414 e. The molecule has 150 valence electrons. The molecule has 0 aromatic heterocycles. The minimum atomic E-state index is -1.82. The summed E-state index contributed by atoms with van der Waals surface area (Å²) in [7, 11) is 1.71. The van der Waals surface area contributed by atoms with Crippen molar-refractivity contribution < 1.29 is 24.5 Å². The Bertz CT molecular complexity index is 629. The van der Waals surface area contributed by atoms with Crippen LogP contribution >= 0.6 is 15.9 Å². The van der Waals surface area contributed by atoms with Crippen LogP contribution in [0.5, 0.6) is 5.75 Å². The van der Waals surface area contributed by atoms with E-state index in [0.717, 1.165) is 22.8 Å². The summed E-state index contributed by atoms with van der Waals surface area (Å²) >= 11 is 3.57. The number of carbonyl (C=O) groups is 2. The summed E-state index contributed by atoms with van der Waals surface area (Å²) in [6.45, 7) is 5.91. The molecule has 1 aromatic rings. The molecule has 3 rings (SSSR count). The third kappa shape index (κ3) is 6.79. The van der Waals surface area contributed by atoms with Crippen molar-refractivity contribution in [2.45, 2.75) is 38.3 Å². The van der Waals surface area contributed by atoms with Gasteiger partial charge in [0.1, 0.15) is 5.75 Å². The second-order valence-corrected chi connectivity index (χ2v) is 7.68. The van der Waals surface area contributed by atoms with E-state index in [1.807, 2.05) is 6.07 Å². The number of rotatable bonds is 4. The van der Waals surface area contributed by atoms with Crippen LogP contribution in [0.3, 0.4) is 0 Å². The number of halogens is 1. The maximum atomic E-state index is 9.10. The number of carboxylic acids is 2. The first kappa shape index (κ1) is 21.7. The van der Waals surface area contributed by atoms with Gasteiger partial charge in [0, 0.05) is 38.8 Å². The average Bonchev–Trinajstić information content (AvgIpc) is 3.18. The van der Waals surface area contributed by atoms with Crippen LogP contribution in [0.15, 0.2) is 22.7 Å². The number of piperazine rings is 1. The van der Waals surface area contributed by atoms with Crippen LogP contribution in [0.25, 0.3) is 0 Å². The lowest BCUT2D eigenvalue weighted by Gasteiger charge is -2.38. The molecule has 0 spiro atoms. The van der Waals surface area contributed by atoms with Gasteiger partial charge in [0.2, 0.25) is 0 Å². The Hall–Kier alpha value is -1.64. The maximum absolute atomic E-state index is 9.10. The topological polar surface area (TPSA) is 90.3 Å². The Morgan fingerprint density at radius 3 is 2.19 bits per heavy atom. The van der Waals surface area contributed by atoms with Crippen LogP contribution in [-0.4, -0.2) is 71.3 Å². The Balaban J connectivity index is 0.000000380. The van der Waals surface area contributed by atoms with E-state index in [-0.39, 0.29) is 0 Å². The number of benzene rings is 1. The Kier molecular flexibility index (Phi) is 8.53. The molecule has 27 heavy (non-hydrogen) atoms. The van der Waals surface area contributed by atoms with Crippen molar-refractivity contribution in [3.8, 4) is 5.75 Å². The van der Waals surface area contributed by atoms with Crippen molar-refractivity contribution in [2.24, 2.45) is 0 Å². The van der Waals surface area contributed by atoms with Gasteiger partial charge in [-0.1, -0.05) is 18.9 Å². The van der Waals surface area contributed by atoms with Crippen molar-refractivity contribution in [2.75, 3.05) is 33.3 Å². The van der Waals surface area contributed by atoms with E-state index in [0.29, 0.717) is 0 Å². The molecular formula is C19H27BrN2O5. The minimum absolute atomic E-state index is 0.877. The number of nitrogens with zero attached hydrogens (tertiary/aromatic N) is 2. The van der Waals surface area contributed by atoms with E-state index < -0.39 is 11.9 Å². The minimum Gasteiger partial charge on any atom is -0.496 e. The van der Waals surface area contributed by atoms with Gasteiger partial charge in [-0.15, -0.1) is 0 Å². The molecule has 2 N–H and O–H groups in total. The third-order valence-corrected chi connectivity index (χ3v) is 5.67. The molecule has 1 saturated carbocycles. The molecule has 1 aliphatic carbocycles. The number of hydrogen-bond donors (Lipinski definition) is 2. The van der Waals surface area contributed by atoms with E-state index in [1.54, 1.807) is 7.11 Å². The molecule has 8 heteroatoms. The lowest BCUT2D eigenvalue weighted by Crippen LogP contribution is -2.49. The maximum Gasteiger partial charge on any atom is 0.414 e. The van der Waals surface area contributed by atoms with Crippen LogP contribution < -0.4 is 4.74 Å². The molecule has 0 radical (unpaired) electrons. The van der Waals surface area contributed by atoms with Gasteiger partial charge in [-0.3, -0.25) is 9.80 Å². The lowest BCUT2D eigenvalue weighted by molar-refractivity contribution is -0.159. The van der Waals surface area contributed by atoms with Crippen LogP contribution in [0.4, 0.5) is 0 Å². The van der Waals surface area contributed by atoms with Crippen LogP contribution in [0.1, 0.15) is 31.2 Å². The monoisotopic (exact) mass is 442 g/mol. The summed E-state index contributed by atoms with van der Waals surface area (Å²) in [5, 5.41) is 14.8. The van der Waals surface area contributed by atoms with Gasteiger partial charge in [0.05, 0.1) is 11.6 Å². The number of aliphatic carboxylic acids is 2. The summed E-state index contributed by atoms with van der Waals surface area (Å²) in [4.78, 5) is 23.5. The zero-order chi connectivity index (χ0) is 19.8. The first-order chi connectivity index (χ1) is 12.9. The Morgan fingerprint density at radius 1 is 1.11 bits per heavy atom. The molecule has 1 heterocycles. The summed E-state index contributed by atoms with van der Waals surface area (Å²) in [5.41, 5.74) is 1.36. The highest BCUT2D eigenvalue weighted by atomic mass is 79.9. The molecule has 0 unspecified atom stereocenters. The van der Waals surface area contributed by atoms with E-state index in [2.05, 4.69) is 37.9 Å². The zero-order valence-corrected chi connectivity index (χ0v) is 17.2. The van der Waals surface area contributed by atoms with Gasteiger partial charge in [0.25, 0.3) is 0 Å². The molecule has 1 aromatic carbocycles. The fraction of sp³-hybridized carbons (Fsp3) is 0.579. The normalized spacial score (nSPS) is 18.6. The molecule has 7 nitrogen and oxygen atoms in total. The predicted molar refractivity (Wildman–Crippen MR) is 105 cm³/mol. The summed E-state index contributed by atoms with van der Waals surface area (Å²) in [5.74, 6) is -2.74. The molecule has 0 atom stereocenters. The average molecular weight is 443 g/mol. The Morgan fingerprint density at radius 2 is 1.70 bits per heavy atom. The quantitative estimate of drug-likeness (QED) is 0.692. The highest BCUT2D eigenvalue weighted by Gasteiger charge is 2.26. The van der Waals surface area contributed by atoms with Crippen LogP contribution in [-0.2, 0) is 16.1 Å². The summed E-state index contributed by atoms with van der Waals surface area (Å²) in [6, 6.07) is 7.28. The van der Waals surface area contributed by atoms with Crippen molar-refractivity contribution in [3.63, 3.8) is 0 Å². The molecular weight excluding hydrogens is 416 g/mol. The number of carboxylic acid groups (broad SMARTS) is 2. The molecule has 1 aliphatic heterocycles. The highest BCUT2D eigenvalue weighted by molar-refractivity contribution is 9.10. The number of hydrogen-bond acceptors (Lipinski definition) is 5. The second-order valence-electron chi connectivity index (χ2n) is 6.83. The number of methoxy groups -OCH3 is 1. The molecule has 0 amide bonds. The SMILES string of the molecule is COc1ccc(CN2CCN(C3CCCC3)CC2)cc1Br.O=C(O)C(=O)O. The van der Waals surface area contributed by atoms with Crippen molar-refractivity contribution in [1.29, 1.82) is 0 Å². The molecule has 2 fully saturated rings. The largest absolute Gasteiger partial charge is 0.496 e. The second kappa shape index (κ2) is 10.6. The van der Waals surface area contributed by atoms with E-state index >= 15 is 0 Å². The van der Waals surface area contributed by atoms with E-state index in [9.17, 15) is 0 Å². The van der Waals surface area contributed by atoms with Gasteiger partial charge in [-0.05, 0) is 46.5 Å². The predicted octanol–water partition coefficient (Wildman–Crippen LogP) is 2.67. The summed E-state index contributed by atoms with van der Waals surface area (Å²) in [6.07, 6.45) is 5.71. The third-order valence-electron chi connectivity index (χ3n) is 5.05. The highest BCUT2D eigenvalue weighted by Crippen LogP contribution is 2.27. The molecule has 1 saturated heterocycles. The van der Waals surface area contributed by atoms with Crippen LogP contribution in [0, 0.1) is 0 Å². The lowest BCUT2D eigenvalue weighted by atomic mass is 10.1. The fourth-order valence-corrected chi connectivity index (χ4v) is 4.21. The van der Waals surface area contributed by atoms with E-state index in [4.69, 9.17) is 24.5 Å². The van der Waals surface area contributed by atoms with Gasteiger partial charge in [-0.25, -0.2) is 9.59 Å². The van der Waals surface area contributed by atoms with Gasteiger partial charge in [-0.2, -0.15) is 0 Å². The van der Waals surface area contributed by atoms with Crippen LogP contribution in [0.2, 0.25) is 0 Å². The fourth-order valence-electron chi connectivity index (χ4n) is 3.62. The summed E-state index contributed by atoms with van der Waals surface area (Å²) < 4.78 is 6.34. The van der Waals surface area contributed by atoms with Gasteiger partial charge >= 0.3 is 11.9 Å². The van der Waals surface area contributed by atoms with Crippen molar-refractivity contribution in [3.05, 3.63) is 28.2 Å².